The van der Waals surface area contributed by atoms with Gasteiger partial charge in [-0.05, 0) is 57.2 Å². The van der Waals surface area contributed by atoms with Crippen LogP contribution in [0.3, 0.4) is 0 Å². The first kappa shape index (κ1) is 19.7. The highest BCUT2D eigenvalue weighted by molar-refractivity contribution is 5.46. The third-order valence-corrected chi connectivity index (χ3v) is 3.92. The van der Waals surface area contributed by atoms with E-state index in [-0.39, 0.29) is 18.0 Å². The van der Waals surface area contributed by atoms with Crippen molar-refractivity contribution in [3.8, 4) is 11.5 Å². The Bertz CT molecular complexity index is 765. The first-order valence-electron chi connectivity index (χ1n) is 8.28. The van der Waals surface area contributed by atoms with E-state index >= 15 is 0 Å². The number of hydrogen-bond donors (Lipinski definition) is 0. The minimum Gasteiger partial charge on any atom is -0.496 e. The van der Waals surface area contributed by atoms with Gasteiger partial charge in [0.25, 0.3) is 0 Å². The van der Waals surface area contributed by atoms with E-state index in [4.69, 9.17) is 9.47 Å². The summed E-state index contributed by atoms with van der Waals surface area (Å²) in [5, 5.41) is 11.1. The van der Waals surface area contributed by atoms with Gasteiger partial charge in [-0.1, -0.05) is 6.07 Å². The molecular formula is C19H23FN2O4. The highest BCUT2D eigenvalue weighted by atomic mass is 19.1. The summed E-state index contributed by atoms with van der Waals surface area (Å²) >= 11 is 0. The molecule has 2 rings (SSSR count). The Morgan fingerprint density at radius 1 is 1.15 bits per heavy atom. The molecule has 0 aliphatic rings. The van der Waals surface area contributed by atoms with Crippen molar-refractivity contribution < 1.29 is 18.8 Å². The topological polar surface area (TPSA) is 64.8 Å². The molecule has 0 fully saturated rings. The maximum Gasteiger partial charge on any atom is 0.311 e. The number of nitrogens with zero attached hydrogens (tertiary/aromatic N) is 2. The smallest absolute Gasteiger partial charge is 0.311 e. The van der Waals surface area contributed by atoms with Crippen LogP contribution in [0.15, 0.2) is 36.4 Å². The largest absolute Gasteiger partial charge is 0.496 e. The predicted molar refractivity (Wildman–Crippen MR) is 97.3 cm³/mol. The number of hydrogen-bond acceptors (Lipinski definition) is 5. The lowest BCUT2D eigenvalue weighted by molar-refractivity contribution is -0.386. The Morgan fingerprint density at radius 2 is 1.92 bits per heavy atom. The van der Waals surface area contributed by atoms with Crippen molar-refractivity contribution in [2.75, 3.05) is 27.7 Å². The van der Waals surface area contributed by atoms with Crippen molar-refractivity contribution in [1.29, 1.82) is 0 Å². The van der Waals surface area contributed by atoms with Gasteiger partial charge in [-0.25, -0.2) is 4.39 Å². The van der Waals surface area contributed by atoms with Crippen LogP contribution < -0.4 is 9.47 Å². The van der Waals surface area contributed by atoms with E-state index in [1.165, 1.54) is 0 Å². The Hall–Kier alpha value is -2.67. The number of nitro benzene ring substituents is 1. The molecule has 0 bridgehead atoms. The molecule has 0 aromatic heterocycles. The van der Waals surface area contributed by atoms with Crippen LogP contribution in [-0.2, 0) is 13.0 Å². The molecule has 0 radical (unpaired) electrons. The third kappa shape index (κ3) is 5.42. The second-order valence-electron chi connectivity index (χ2n) is 6.21. The van der Waals surface area contributed by atoms with Gasteiger partial charge in [-0.2, -0.15) is 0 Å². The summed E-state index contributed by atoms with van der Waals surface area (Å²) in [7, 11) is 5.60. The minimum absolute atomic E-state index is 0.0506. The standard InChI is InChI=1S/C19H23FN2O4/c1-21(2)10-4-5-14-6-9-18(25-3)15(11-14)13-26-19-12-16(20)7-8-17(19)22(23)24/h6-9,11-12H,4-5,10,13H2,1-3H3. The molecule has 0 aliphatic heterocycles. The van der Waals surface area contributed by atoms with Crippen molar-refractivity contribution in [2.45, 2.75) is 19.4 Å². The fourth-order valence-electron chi connectivity index (χ4n) is 2.61. The molecule has 0 heterocycles. The van der Waals surface area contributed by atoms with Crippen LogP contribution >= 0.6 is 0 Å². The van der Waals surface area contributed by atoms with Gasteiger partial charge in [0, 0.05) is 17.7 Å². The highest BCUT2D eigenvalue weighted by Gasteiger charge is 2.17. The second kappa shape index (κ2) is 9.15. The number of ether oxygens (including phenoxy) is 2. The Balaban J connectivity index is 2.15. The fraction of sp³-hybridized carbons (Fsp3) is 0.368. The summed E-state index contributed by atoms with van der Waals surface area (Å²) < 4.78 is 24.3. The van der Waals surface area contributed by atoms with Crippen LogP contribution in [0.1, 0.15) is 17.5 Å². The summed E-state index contributed by atoms with van der Waals surface area (Å²) in [6.45, 7) is 1.03. The summed E-state index contributed by atoms with van der Waals surface area (Å²) in [6, 6.07) is 8.95. The normalized spacial score (nSPS) is 10.8. The zero-order valence-corrected chi connectivity index (χ0v) is 15.2. The van der Waals surface area contributed by atoms with E-state index in [9.17, 15) is 14.5 Å². The average molecular weight is 362 g/mol. The van der Waals surface area contributed by atoms with Crippen LogP contribution in [-0.4, -0.2) is 37.6 Å². The van der Waals surface area contributed by atoms with E-state index in [1.807, 2.05) is 32.3 Å². The van der Waals surface area contributed by atoms with Gasteiger partial charge in [0.2, 0.25) is 0 Å². The quantitative estimate of drug-likeness (QED) is 0.501. The van der Waals surface area contributed by atoms with Gasteiger partial charge in [0.05, 0.1) is 12.0 Å². The lowest BCUT2D eigenvalue weighted by Crippen LogP contribution is -2.13. The molecule has 2 aromatic rings. The molecule has 0 atom stereocenters. The van der Waals surface area contributed by atoms with Gasteiger partial charge in [0.15, 0.2) is 5.75 Å². The van der Waals surface area contributed by atoms with Crippen LogP contribution in [0.25, 0.3) is 0 Å². The summed E-state index contributed by atoms with van der Waals surface area (Å²) in [6.07, 6.45) is 1.91. The molecule has 0 amide bonds. The molecule has 2 aromatic carbocycles. The lowest BCUT2D eigenvalue weighted by atomic mass is 10.1. The number of rotatable bonds is 9. The van der Waals surface area contributed by atoms with Gasteiger partial charge in [0.1, 0.15) is 18.2 Å². The number of methoxy groups -OCH3 is 1. The van der Waals surface area contributed by atoms with Gasteiger partial charge in [-0.3, -0.25) is 10.1 Å². The van der Waals surface area contributed by atoms with E-state index in [0.717, 1.165) is 48.7 Å². The van der Waals surface area contributed by atoms with Crippen LogP contribution in [0.2, 0.25) is 0 Å². The summed E-state index contributed by atoms with van der Waals surface area (Å²) in [5.41, 5.74) is 1.61. The van der Waals surface area contributed by atoms with Crippen molar-refractivity contribution in [3.63, 3.8) is 0 Å². The Kier molecular flexibility index (Phi) is 6.91. The molecule has 0 spiro atoms. The molecule has 6 nitrogen and oxygen atoms in total. The third-order valence-electron chi connectivity index (χ3n) is 3.92. The molecule has 0 aliphatic carbocycles. The monoisotopic (exact) mass is 362 g/mol. The van der Waals surface area contributed by atoms with Gasteiger partial charge >= 0.3 is 5.69 Å². The Morgan fingerprint density at radius 3 is 2.58 bits per heavy atom. The molecule has 0 unspecified atom stereocenters. The fourth-order valence-corrected chi connectivity index (χ4v) is 2.61. The molecule has 0 saturated carbocycles. The minimum atomic E-state index is -0.594. The maximum atomic E-state index is 13.4. The molecular weight excluding hydrogens is 339 g/mol. The zero-order valence-electron chi connectivity index (χ0n) is 15.2. The molecule has 0 saturated heterocycles. The molecule has 0 N–H and O–H groups in total. The van der Waals surface area contributed by atoms with Crippen LogP contribution in [0, 0.1) is 15.9 Å². The summed E-state index contributed by atoms with van der Waals surface area (Å²) in [5.74, 6) is -0.0644. The van der Waals surface area contributed by atoms with Crippen LogP contribution in [0.5, 0.6) is 11.5 Å². The summed E-state index contributed by atoms with van der Waals surface area (Å²) in [4.78, 5) is 12.6. The SMILES string of the molecule is COc1ccc(CCCN(C)C)cc1COc1cc(F)ccc1[N+](=O)[O-]. The predicted octanol–water partition coefficient (Wildman–Crippen LogP) is 3.82. The average Bonchev–Trinajstić information content (AvgIpc) is 2.59. The van der Waals surface area contributed by atoms with E-state index in [2.05, 4.69) is 4.90 Å². The first-order valence-corrected chi connectivity index (χ1v) is 8.28. The van der Waals surface area contributed by atoms with Crippen molar-refractivity contribution in [1.82, 2.24) is 4.90 Å². The number of benzene rings is 2. The van der Waals surface area contributed by atoms with Gasteiger partial charge < -0.3 is 14.4 Å². The highest BCUT2D eigenvalue weighted by Crippen LogP contribution is 2.30. The number of nitro groups is 1. The lowest BCUT2D eigenvalue weighted by Gasteiger charge is -2.13. The van der Waals surface area contributed by atoms with Crippen molar-refractivity contribution >= 4 is 5.69 Å². The van der Waals surface area contributed by atoms with E-state index in [1.54, 1.807) is 7.11 Å². The van der Waals surface area contributed by atoms with Crippen molar-refractivity contribution in [3.05, 3.63) is 63.5 Å². The number of halogens is 1. The van der Waals surface area contributed by atoms with Crippen LogP contribution in [0.4, 0.5) is 10.1 Å². The molecule has 7 heteroatoms. The molecule has 140 valence electrons. The van der Waals surface area contributed by atoms with E-state index in [0.29, 0.717) is 5.75 Å². The van der Waals surface area contributed by atoms with E-state index < -0.39 is 10.7 Å². The van der Waals surface area contributed by atoms with Gasteiger partial charge in [-0.15, -0.1) is 0 Å². The Labute approximate surface area is 152 Å². The number of aryl methyl sites for hydroxylation is 1. The van der Waals surface area contributed by atoms with Crippen molar-refractivity contribution in [2.24, 2.45) is 0 Å². The second-order valence-corrected chi connectivity index (χ2v) is 6.21. The zero-order chi connectivity index (χ0) is 19.1. The first-order chi connectivity index (χ1) is 12.4. The molecule has 26 heavy (non-hydrogen) atoms. The maximum absolute atomic E-state index is 13.4.